The molecule has 0 heterocycles. The standard InChI is InChI=1S/C18H30O2.C8H6N4O/c1-2-3-4-5-6-7-8-9-10-11-12-16-13-14-17(19)15-18(16)20;9-1-7(2-10)5-13-6-8(3-11)4-12/h13-15,19-20H,2-12H2,1H3;7-8H,5-6H2. The zero-order valence-electron chi connectivity index (χ0n) is 19.7. The molecule has 0 amide bonds. The molecule has 33 heavy (non-hydrogen) atoms. The van der Waals surface area contributed by atoms with Crippen LogP contribution in [0.25, 0.3) is 0 Å². The molecule has 0 aliphatic heterocycles. The lowest BCUT2D eigenvalue weighted by atomic mass is 10.0. The summed E-state index contributed by atoms with van der Waals surface area (Å²) in [7, 11) is 0. The first-order chi connectivity index (χ1) is 16.0. The van der Waals surface area contributed by atoms with Crippen molar-refractivity contribution in [3.05, 3.63) is 23.8 Å². The summed E-state index contributed by atoms with van der Waals surface area (Å²) < 4.78 is 4.83. The molecule has 0 aromatic heterocycles. The van der Waals surface area contributed by atoms with Crippen LogP contribution in [-0.4, -0.2) is 23.4 Å². The van der Waals surface area contributed by atoms with E-state index in [1.807, 2.05) is 6.07 Å². The van der Waals surface area contributed by atoms with E-state index in [0.29, 0.717) is 0 Å². The van der Waals surface area contributed by atoms with Gasteiger partial charge < -0.3 is 14.9 Å². The van der Waals surface area contributed by atoms with Gasteiger partial charge in [-0.3, -0.25) is 0 Å². The van der Waals surface area contributed by atoms with Crippen LogP contribution in [0.5, 0.6) is 11.5 Å². The molecule has 0 spiro atoms. The highest BCUT2D eigenvalue weighted by atomic mass is 16.5. The fourth-order valence-electron chi connectivity index (χ4n) is 3.08. The zero-order valence-corrected chi connectivity index (χ0v) is 19.7. The van der Waals surface area contributed by atoms with E-state index >= 15 is 0 Å². The van der Waals surface area contributed by atoms with Crippen molar-refractivity contribution in [2.45, 2.75) is 77.6 Å². The molecule has 0 aliphatic carbocycles. The van der Waals surface area contributed by atoms with Gasteiger partial charge in [0.1, 0.15) is 11.5 Å². The molecule has 0 radical (unpaired) electrons. The summed E-state index contributed by atoms with van der Waals surface area (Å²) in [6, 6.07) is 11.7. The van der Waals surface area contributed by atoms with Gasteiger partial charge in [0.2, 0.25) is 0 Å². The quantitative estimate of drug-likeness (QED) is 0.315. The summed E-state index contributed by atoms with van der Waals surface area (Å²) >= 11 is 0. The number of phenols is 2. The van der Waals surface area contributed by atoms with Crippen molar-refractivity contribution in [2.24, 2.45) is 11.8 Å². The molecule has 1 aromatic rings. The number of rotatable bonds is 15. The van der Waals surface area contributed by atoms with Crippen LogP contribution in [0.15, 0.2) is 18.2 Å². The summed E-state index contributed by atoms with van der Waals surface area (Å²) in [6.07, 6.45) is 14.2. The van der Waals surface area contributed by atoms with Gasteiger partial charge in [-0.1, -0.05) is 70.8 Å². The average molecular weight is 453 g/mol. The maximum absolute atomic E-state index is 9.67. The van der Waals surface area contributed by atoms with Gasteiger partial charge in [-0.05, 0) is 24.5 Å². The number of hydrogen-bond acceptors (Lipinski definition) is 7. The first-order valence-corrected chi connectivity index (χ1v) is 11.7. The average Bonchev–Trinajstić information content (AvgIpc) is 2.82. The second kappa shape index (κ2) is 20.6. The lowest BCUT2D eigenvalue weighted by Crippen LogP contribution is -2.11. The van der Waals surface area contributed by atoms with Gasteiger partial charge >= 0.3 is 0 Å². The summed E-state index contributed by atoms with van der Waals surface area (Å²) in [5.74, 6) is -1.31. The minimum absolute atomic E-state index is 0.0626. The second-order valence-corrected chi connectivity index (χ2v) is 7.90. The Morgan fingerprint density at radius 1 is 0.727 bits per heavy atom. The number of nitriles is 4. The van der Waals surface area contributed by atoms with E-state index in [1.54, 1.807) is 30.3 Å². The molecule has 178 valence electrons. The van der Waals surface area contributed by atoms with Crippen molar-refractivity contribution >= 4 is 0 Å². The van der Waals surface area contributed by atoms with Crippen LogP contribution in [0.4, 0.5) is 0 Å². The summed E-state index contributed by atoms with van der Waals surface area (Å²) in [5.41, 5.74) is 0.947. The zero-order chi connectivity index (χ0) is 24.7. The van der Waals surface area contributed by atoms with Gasteiger partial charge in [0, 0.05) is 6.07 Å². The van der Waals surface area contributed by atoms with Crippen molar-refractivity contribution in [1.82, 2.24) is 0 Å². The molecule has 7 nitrogen and oxygen atoms in total. The van der Waals surface area contributed by atoms with E-state index in [4.69, 9.17) is 25.8 Å². The van der Waals surface area contributed by atoms with Crippen LogP contribution in [0.2, 0.25) is 0 Å². The number of aromatic hydroxyl groups is 2. The maximum atomic E-state index is 9.67. The summed E-state index contributed by atoms with van der Waals surface area (Å²) in [4.78, 5) is 0. The smallest absolute Gasteiger partial charge is 0.156 e. The molecule has 0 bridgehead atoms. The Bertz CT molecular complexity index is 755. The number of phenolic OH excluding ortho intramolecular Hbond substituents is 2. The van der Waals surface area contributed by atoms with E-state index in [2.05, 4.69) is 6.92 Å². The molecular formula is C26H36N4O3. The highest BCUT2D eigenvalue weighted by Crippen LogP contribution is 2.24. The third-order valence-electron chi connectivity index (χ3n) is 5.06. The molecule has 1 rings (SSSR count). The van der Waals surface area contributed by atoms with Crippen molar-refractivity contribution < 1.29 is 14.9 Å². The molecule has 0 saturated carbocycles. The third kappa shape index (κ3) is 16.1. The van der Waals surface area contributed by atoms with Crippen molar-refractivity contribution in [3.8, 4) is 35.8 Å². The van der Waals surface area contributed by atoms with Gasteiger partial charge in [-0.2, -0.15) is 21.0 Å². The number of ether oxygens (including phenoxy) is 1. The number of benzene rings is 1. The van der Waals surface area contributed by atoms with Gasteiger partial charge in [0.15, 0.2) is 11.8 Å². The van der Waals surface area contributed by atoms with E-state index < -0.39 is 11.8 Å². The SMILES string of the molecule is CCCCCCCCCCCCc1ccc(O)cc1O.N#CC(C#N)COCC(C#N)C#N. The Morgan fingerprint density at radius 2 is 1.18 bits per heavy atom. The maximum Gasteiger partial charge on any atom is 0.156 e. The molecule has 0 aliphatic rings. The number of nitrogens with zero attached hydrogens (tertiary/aromatic N) is 4. The van der Waals surface area contributed by atoms with Crippen LogP contribution in [-0.2, 0) is 11.2 Å². The normalized spacial score (nSPS) is 9.91. The van der Waals surface area contributed by atoms with Crippen LogP contribution in [0.1, 0.15) is 76.7 Å². The Morgan fingerprint density at radius 3 is 1.61 bits per heavy atom. The molecule has 0 atom stereocenters. The van der Waals surface area contributed by atoms with Crippen LogP contribution in [0.3, 0.4) is 0 Å². The predicted molar refractivity (Wildman–Crippen MR) is 126 cm³/mol. The van der Waals surface area contributed by atoms with Crippen LogP contribution >= 0.6 is 0 Å². The van der Waals surface area contributed by atoms with Crippen LogP contribution < -0.4 is 0 Å². The molecule has 0 saturated heterocycles. The van der Waals surface area contributed by atoms with Gasteiger partial charge in [-0.25, -0.2) is 0 Å². The van der Waals surface area contributed by atoms with Crippen LogP contribution in [0, 0.1) is 57.2 Å². The van der Waals surface area contributed by atoms with E-state index in [0.717, 1.165) is 18.4 Å². The van der Waals surface area contributed by atoms with E-state index in [1.165, 1.54) is 63.9 Å². The monoisotopic (exact) mass is 452 g/mol. The van der Waals surface area contributed by atoms with E-state index in [9.17, 15) is 10.2 Å². The summed E-state index contributed by atoms with van der Waals surface area (Å²) in [6.45, 7) is 2.13. The van der Waals surface area contributed by atoms with Crippen molar-refractivity contribution in [2.75, 3.05) is 13.2 Å². The molecule has 7 heteroatoms. The molecule has 0 unspecified atom stereocenters. The Hall–Kier alpha value is -3.26. The van der Waals surface area contributed by atoms with Crippen molar-refractivity contribution in [3.63, 3.8) is 0 Å². The third-order valence-corrected chi connectivity index (χ3v) is 5.06. The highest BCUT2D eigenvalue weighted by Gasteiger charge is 2.09. The second-order valence-electron chi connectivity index (χ2n) is 7.90. The number of unbranched alkanes of at least 4 members (excludes halogenated alkanes) is 9. The first kappa shape index (κ1) is 29.7. The van der Waals surface area contributed by atoms with Gasteiger partial charge in [-0.15, -0.1) is 0 Å². The Balaban J connectivity index is 0.000000684. The molecular weight excluding hydrogens is 416 g/mol. The minimum atomic E-state index is -0.835. The molecule has 1 aromatic carbocycles. The molecule has 2 N–H and O–H groups in total. The minimum Gasteiger partial charge on any atom is -0.508 e. The Kier molecular flexibility index (Phi) is 18.6. The lowest BCUT2D eigenvalue weighted by molar-refractivity contribution is 0.118. The van der Waals surface area contributed by atoms with E-state index in [-0.39, 0.29) is 24.7 Å². The predicted octanol–water partition coefficient (Wildman–Crippen LogP) is 5.89. The number of aryl methyl sites for hydroxylation is 1. The van der Waals surface area contributed by atoms with Crippen molar-refractivity contribution in [1.29, 1.82) is 21.0 Å². The van der Waals surface area contributed by atoms with Gasteiger partial charge in [0.25, 0.3) is 0 Å². The lowest BCUT2D eigenvalue weighted by Gasteiger charge is -2.05. The summed E-state index contributed by atoms with van der Waals surface area (Å²) in [5, 5.41) is 52.2. The van der Waals surface area contributed by atoms with Gasteiger partial charge in [0.05, 0.1) is 37.5 Å². The Labute approximate surface area is 198 Å². The topological polar surface area (TPSA) is 145 Å². The molecule has 0 fully saturated rings. The fraction of sp³-hybridized carbons (Fsp3) is 0.615. The first-order valence-electron chi connectivity index (χ1n) is 11.7. The largest absolute Gasteiger partial charge is 0.508 e. The highest BCUT2D eigenvalue weighted by molar-refractivity contribution is 5.38. The fourth-order valence-corrected chi connectivity index (χ4v) is 3.08. The number of hydrogen-bond donors (Lipinski definition) is 2.